The van der Waals surface area contributed by atoms with E-state index in [1.54, 1.807) is 21.8 Å². The summed E-state index contributed by atoms with van der Waals surface area (Å²) >= 11 is 0. The van der Waals surface area contributed by atoms with Gasteiger partial charge in [0.1, 0.15) is 23.7 Å². The van der Waals surface area contributed by atoms with Crippen LogP contribution in [0.15, 0.2) is 73.3 Å². The lowest BCUT2D eigenvalue weighted by Gasteiger charge is -2.46. The van der Waals surface area contributed by atoms with Crippen LogP contribution >= 0.6 is 0 Å². The summed E-state index contributed by atoms with van der Waals surface area (Å²) in [5.41, 5.74) is 4.42. The van der Waals surface area contributed by atoms with Crippen LogP contribution in [0, 0.1) is 17.1 Å². The Hall–Kier alpha value is -7.30. The number of hydrogen-bond acceptors (Lipinski definition) is 13. The number of carbonyl (C=O) groups excluding carboxylic acids is 5. The van der Waals surface area contributed by atoms with Crippen LogP contribution in [0.25, 0.3) is 16.6 Å². The number of hydrogen-bond donors (Lipinski definition) is 2. The SMILES string of the molecule is CCOc1cc(-c2ccc(N3CCC(CN4CCN(C(=O)CCN5CCC(c6ccc7c(c6)C(=O)N(C6CCC(=O)NC6=O)C7)CC5)CC4)(NC(=O)c4ncccc4F)CC3)nc2)c2c(C#N)cnn2c1. The number of benzene rings is 1. The van der Waals surface area contributed by atoms with Gasteiger partial charge in [0.05, 0.1) is 35.6 Å². The number of halogens is 1. The molecule has 0 saturated carbocycles. The van der Waals surface area contributed by atoms with Crippen molar-refractivity contribution in [3.05, 3.63) is 107 Å². The highest BCUT2D eigenvalue weighted by Crippen LogP contribution is 2.35. The Kier molecular flexibility index (Phi) is 13.5. The molecule has 368 valence electrons. The van der Waals surface area contributed by atoms with Gasteiger partial charge in [-0.2, -0.15) is 10.4 Å². The highest BCUT2D eigenvalue weighted by atomic mass is 19.1. The third-order valence-electron chi connectivity index (χ3n) is 15.0. The molecule has 18 nitrogen and oxygen atoms in total. The number of imide groups is 1. The topological polar surface area (TPSA) is 202 Å². The van der Waals surface area contributed by atoms with E-state index >= 15 is 0 Å². The van der Waals surface area contributed by atoms with Crippen molar-refractivity contribution in [2.75, 3.05) is 77.0 Å². The number of piperidine rings is 3. The van der Waals surface area contributed by atoms with Gasteiger partial charge in [-0.25, -0.2) is 18.9 Å². The summed E-state index contributed by atoms with van der Waals surface area (Å²) in [6, 6.07) is 16.2. The minimum atomic E-state index is -0.692. The van der Waals surface area contributed by atoms with Crippen LogP contribution in [0.1, 0.15) is 95.3 Å². The number of nitriles is 1. The fraction of sp³-hybridized carbons (Fsp3) is 0.442. The number of aromatic nitrogens is 4. The maximum absolute atomic E-state index is 14.9. The average Bonchev–Trinajstić information content (AvgIpc) is 3.96. The molecule has 2 N–H and O–H groups in total. The summed E-state index contributed by atoms with van der Waals surface area (Å²) in [7, 11) is 0. The second kappa shape index (κ2) is 20.2. The van der Waals surface area contributed by atoms with E-state index in [-0.39, 0.29) is 35.8 Å². The first-order valence-electron chi connectivity index (χ1n) is 24.7. The van der Waals surface area contributed by atoms with Crippen LogP contribution in [0.4, 0.5) is 10.2 Å². The fourth-order valence-electron chi connectivity index (χ4n) is 11.0. The van der Waals surface area contributed by atoms with E-state index in [1.807, 2.05) is 42.2 Å². The molecule has 0 bridgehead atoms. The van der Waals surface area contributed by atoms with Crippen LogP contribution in [0.5, 0.6) is 5.75 Å². The number of carbonyl (C=O) groups is 5. The number of piperazine rings is 1. The van der Waals surface area contributed by atoms with Crippen molar-refractivity contribution < 1.29 is 33.1 Å². The first kappa shape index (κ1) is 47.4. The third kappa shape index (κ3) is 9.91. The monoisotopic (exact) mass is 964 g/mol. The Bertz CT molecular complexity index is 2900. The van der Waals surface area contributed by atoms with E-state index in [0.717, 1.165) is 54.0 Å². The van der Waals surface area contributed by atoms with Gasteiger partial charge in [0.2, 0.25) is 17.7 Å². The predicted octanol–water partition coefficient (Wildman–Crippen LogP) is 4.14. The number of nitrogens with zero attached hydrogens (tertiary/aromatic N) is 10. The Morgan fingerprint density at radius 2 is 1.73 bits per heavy atom. The summed E-state index contributed by atoms with van der Waals surface area (Å²) < 4.78 is 22.3. The Morgan fingerprint density at radius 1 is 0.930 bits per heavy atom. The van der Waals surface area contributed by atoms with Gasteiger partial charge >= 0.3 is 0 Å². The molecule has 10 rings (SSSR count). The zero-order chi connectivity index (χ0) is 49.2. The highest BCUT2D eigenvalue weighted by Gasteiger charge is 2.41. The molecule has 4 saturated heterocycles. The van der Waals surface area contributed by atoms with Crippen molar-refractivity contribution >= 4 is 40.9 Å². The molecule has 5 amide bonds. The largest absolute Gasteiger partial charge is 0.492 e. The zero-order valence-corrected chi connectivity index (χ0v) is 39.8. The van der Waals surface area contributed by atoms with Crippen molar-refractivity contribution in [2.24, 2.45) is 0 Å². The molecule has 5 aromatic rings. The van der Waals surface area contributed by atoms with Gasteiger partial charge in [0.15, 0.2) is 11.5 Å². The van der Waals surface area contributed by atoms with Crippen molar-refractivity contribution in [3.8, 4) is 22.9 Å². The van der Waals surface area contributed by atoms with Gasteiger partial charge in [0, 0.05) is 101 Å². The lowest BCUT2D eigenvalue weighted by Crippen LogP contribution is -2.63. The van der Waals surface area contributed by atoms with Gasteiger partial charge in [-0.1, -0.05) is 12.1 Å². The summed E-state index contributed by atoms with van der Waals surface area (Å²) in [5, 5.41) is 19.7. The second-order valence-electron chi connectivity index (χ2n) is 19.3. The summed E-state index contributed by atoms with van der Waals surface area (Å²) in [6.07, 6.45) is 10.4. The molecule has 1 atom stereocenters. The van der Waals surface area contributed by atoms with Gasteiger partial charge in [-0.3, -0.25) is 34.2 Å². The molecule has 5 aliphatic heterocycles. The average molecular weight is 965 g/mol. The van der Waals surface area contributed by atoms with Crippen molar-refractivity contribution in [2.45, 2.75) is 75.9 Å². The first-order chi connectivity index (χ1) is 34.5. The van der Waals surface area contributed by atoms with Crippen molar-refractivity contribution in [3.63, 3.8) is 0 Å². The summed E-state index contributed by atoms with van der Waals surface area (Å²) in [6.45, 7) is 9.19. The summed E-state index contributed by atoms with van der Waals surface area (Å²) in [4.78, 5) is 84.1. The molecule has 1 aromatic carbocycles. The maximum Gasteiger partial charge on any atom is 0.273 e. The van der Waals surface area contributed by atoms with Gasteiger partial charge < -0.3 is 29.7 Å². The van der Waals surface area contributed by atoms with Crippen molar-refractivity contribution in [1.82, 2.24) is 49.8 Å². The molecule has 4 fully saturated rings. The van der Waals surface area contributed by atoms with Gasteiger partial charge in [-0.05, 0) is 106 Å². The normalized spacial score (nSPS) is 19.9. The van der Waals surface area contributed by atoms with E-state index in [9.17, 15) is 33.6 Å². The van der Waals surface area contributed by atoms with Crippen LogP contribution in [0.3, 0.4) is 0 Å². The molecule has 9 heterocycles. The molecule has 0 spiro atoms. The number of anilines is 1. The lowest BCUT2D eigenvalue weighted by atomic mass is 9.86. The molecule has 0 radical (unpaired) electrons. The second-order valence-corrected chi connectivity index (χ2v) is 19.3. The van der Waals surface area contributed by atoms with E-state index in [2.05, 4.69) is 47.6 Å². The maximum atomic E-state index is 14.9. The van der Waals surface area contributed by atoms with E-state index in [0.29, 0.717) is 114 Å². The Morgan fingerprint density at radius 3 is 2.45 bits per heavy atom. The summed E-state index contributed by atoms with van der Waals surface area (Å²) in [5.74, 6) is -0.315. The number of nitrogens with one attached hydrogen (secondary N) is 2. The smallest absolute Gasteiger partial charge is 0.273 e. The van der Waals surface area contributed by atoms with Crippen LogP contribution in [0.2, 0.25) is 0 Å². The number of pyridine rings is 3. The quantitative estimate of drug-likeness (QED) is 0.160. The predicted molar refractivity (Wildman–Crippen MR) is 259 cm³/mol. The minimum Gasteiger partial charge on any atom is -0.492 e. The van der Waals surface area contributed by atoms with E-state index in [1.165, 1.54) is 24.5 Å². The number of fused-ring (bicyclic) bond motifs is 2. The van der Waals surface area contributed by atoms with E-state index < -0.39 is 29.2 Å². The fourth-order valence-corrected chi connectivity index (χ4v) is 11.0. The number of rotatable bonds is 13. The number of amides is 5. The molecule has 0 aliphatic carbocycles. The minimum absolute atomic E-state index is 0.118. The molecule has 1 unspecified atom stereocenters. The van der Waals surface area contributed by atoms with Gasteiger partial charge in [-0.15, -0.1) is 0 Å². The zero-order valence-electron chi connectivity index (χ0n) is 39.8. The standard InChI is InChI=1S/C52H57FN12O6/c1-2-71-39-27-40(48-38(28-54)30-57-65(48)32-39)36-7-9-44(56-29-36)62-20-14-52(15-21-62,59-50(69)47-42(53)4-3-16-55-47)33-61-22-24-63(25-23-61)46(67)13-19-60-17-11-34(12-18-60)35-5-6-37-31-64(51(70)41(37)26-35)43-8-10-45(66)58-49(43)68/h3-7,9,16,26-27,29-30,32,34,43H,2,8,10-15,17-25,31,33H2,1H3,(H,59,69)(H,58,66,68). The number of ether oxygens (including phenoxy) is 1. The number of likely N-dealkylation sites (tertiary alicyclic amines) is 1. The van der Waals surface area contributed by atoms with E-state index in [4.69, 9.17) is 9.72 Å². The van der Waals surface area contributed by atoms with Crippen LogP contribution in [-0.2, 0) is 20.9 Å². The van der Waals surface area contributed by atoms with Gasteiger partial charge in [0.25, 0.3) is 11.8 Å². The molecule has 19 heteroatoms. The molecule has 71 heavy (non-hydrogen) atoms. The molecule has 4 aromatic heterocycles. The molecular formula is C52H57FN12O6. The van der Waals surface area contributed by atoms with Crippen molar-refractivity contribution in [1.29, 1.82) is 5.26 Å². The third-order valence-corrected chi connectivity index (χ3v) is 15.0. The Balaban J connectivity index is 0.723. The lowest BCUT2D eigenvalue weighted by molar-refractivity contribution is -0.137. The molecular weight excluding hydrogens is 908 g/mol. The van der Waals surface area contributed by atoms with Crippen LogP contribution in [-0.4, -0.2) is 152 Å². The highest BCUT2D eigenvalue weighted by molar-refractivity contribution is 6.05. The van der Waals surface area contributed by atoms with Crippen LogP contribution < -0.4 is 20.3 Å². The first-order valence-corrected chi connectivity index (χ1v) is 24.7. The molecule has 5 aliphatic rings. The Labute approximate surface area is 410 Å².